The number of hydrogen-bond acceptors (Lipinski definition) is 6. The van der Waals surface area contributed by atoms with Crippen molar-refractivity contribution in [1.29, 1.82) is 0 Å². The summed E-state index contributed by atoms with van der Waals surface area (Å²) in [4.78, 5) is 3.80. The van der Waals surface area contributed by atoms with Crippen molar-refractivity contribution >= 4 is 51.9 Å². The van der Waals surface area contributed by atoms with Crippen molar-refractivity contribution in [2.75, 3.05) is 24.2 Å². The highest BCUT2D eigenvalue weighted by molar-refractivity contribution is 8.05. The standard InChI is InChI=1S/C36H41N4S3/c1-8-39-28-16-12-10-14-26(28)35(3,4)30(39)22-20-24-18-19-25(32(24)42-34-38-37-33(41-7)43-34)21-23-31-36(5,6)27-15-11-13-17-29(27)40(31)9-2/h10-17,20-23H,8-9,18-19H2,1-7H3/q+1. The number of hydrogen-bond donors (Lipinski definition) is 0. The molecule has 0 radical (unpaired) electrons. The largest absolute Gasteiger partial charge is 0.344 e. The van der Waals surface area contributed by atoms with E-state index in [4.69, 9.17) is 0 Å². The van der Waals surface area contributed by atoms with Gasteiger partial charge in [0.25, 0.3) is 0 Å². The summed E-state index contributed by atoms with van der Waals surface area (Å²) in [5.74, 6) is 0. The van der Waals surface area contributed by atoms with Crippen LogP contribution in [0.5, 0.6) is 0 Å². The zero-order chi connectivity index (χ0) is 30.4. The molecule has 0 amide bonds. The minimum absolute atomic E-state index is 0.0438. The summed E-state index contributed by atoms with van der Waals surface area (Å²) < 4.78 is 4.49. The van der Waals surface area contributed by atoms with Crippen LogP contribution in [-0.4, -0.2) is 39.8 Å². The summed E-state index contributed by atoms with van der Waals surface area (Å²) in [5, 5.41) is 8.93. The third-order valence-electron chi connectivity index (χ3n) is 9.11. The SMILES string of the molecule is CCN1C(=CC=C2CCC(C=CC3=[N+](CC)c4ccccc4C3(C)C)=C2Sc2nnc(SC)s2)C(C)(C)c2ccccc21. The summed E-state index contributed by atoms with van der Waals surface area (Å²) >= 11 is 5.12. The van der Waals surface area contributed by atoms with Crippen molar-refractivity contribution in [3.8, 4) is 0 Å². The Morgan fingerprint density at radius 1 is 0.884 bits per heavy atom. The number of likely N-dealkylation sites (N-methyl/N-ethyl adjacent to an activating group) is 1. The first-order valence-electron chi connectivity index (χ1n) is 15.2. The van der Waals surface area contributed by atoms with Gasteiger partial charge in [0.05, 0.1) is 5.41 Å². The maximum atomic E-state index is 4.53. The van der Waals surface area contributed by atoms with E-state index in [0.717, 1.165) is 34.6 Å². The van der Waals surface area contributed by atoms with E-state index in [1.807, 2.05) is 0 Å². The van der Waals surface area contributed by atoms with Gasteiger partial charge in [0, 0.05) is 46.0 Å². The molecule has 7 heteroatoms. The van der Waals surface area contributed by atoms with E-state index in [0.29, 0.717) is 0 Å². The Kier molecular flexibility index (Phi) is 8.35. The predicted octanol–water partition coefficient (Wildman–Crippen LogP) is 9.68. The molecule has 1 aromatic heterocycles. The van der Waals surface area contributed by atoms with Crippen LogP contribution in [0.15, 0.2) is 103 Å². The lowest BCUT2D eigenvalue weighted by atomic mass is 9.81. The number of thioether (sulfide) groups is 2. The van der Waals surface area contributed by atoms with Crippen LogP contribution in [0.3, 0.4) is 0 Å². The second kappa shape index (κ2) is 11.9. The fourth-order valence-corrected chi connectivity index (χ4v) is 9.56. The Bertz CT molecular complexity index is 1720. The molecular formula is C36H41N4S3+. The average molecular weight is 626 g/mol. The molecule has 0 saturated heterocycles. The molecule has 0 N–H and O–H groups in total. The molecular weight excluding hydrogens is 585 g/mol. The van der Waals surface area contributed by atoms with Crippen molar-refractivity contribution in [3.05, 3.63) is 106 Å². The molecule has 0 bridgehead atoms. The first kappa shape index (κ1) is 30.2. The predicted molar refractivity (Wildman–Crippen MR) is 187 cm³/mol. The fraction of sp³-hybridized carbons (Fsp3) is 0.361. The third kappa shape index (κ3) is 5.27. The third-order valence-corrected chi connectivity index (χ3v) is 12.3. The highest BCUT2D eigenvalue weighted by atomic mass is 32.2. The van der Waals surface area contributed by atoms with Crippen molar-refractivity contribution < 1.29 is 4.58 Å². The number of benzene rings is 2. The van der Waals surface area contributed by atoms with E-state index < -0.39 is 0 Å². The molecule has 2 aromatic carbocycles. The molecule has 1 aliphatic carbocycles. The number of allylic oxidation sites excluding steroid dienone is 7. The summed E-state index contributed by atoms with van der Waals surface area (Å²) in [7, 11) is 0. The van der Waals surface area contributed by atoms with Crippen LogP contribution >= 0.6 is 34.9 Å². The van der Waals surface area contributed by atoms with Crippen LogP contribution < -0.4 is 4.90 Å². The summed E-state index contributed by atoms with van der Waals surface area (Å²) in [6.07, 6.45) is 13.6. The number of para-hydroxylation sites is 2. The number of fused-ring (bicyclic) bond motifs is 2. The number of aromatic nitrogens is 2. The molecule has 3 aliphatic rings. The zero-order valence-electron chi connectivity index (χ0n) is 26.3. The van der Waals surface area contributed by atoms with Crippen molar-refractivity contribution in [2.45, 2.75) is 73.9 Å². The second-order valence-corrected chi connectivity index (χ2v) is 15.5. The molecule has 6 rings (SSSR count). The Morgan fingerprint density at radius 3 is 2.33 bits per heavy atom. The quantitative estimate of drug-likeness (QED) is 0.184. The maximum absolute atomic E-state index is 4.53. The Morgan fingerprint density at radius 2 is 1.60 bits per heavy atom. The second-order valence-electron chi connectivity index (χ2n) is 12.2. The van der Waals surface area contributed by atoms with Crippen molar-refractivity contribution in [1.82, 2.24) is 10.2 Å². The molecule has 43 heavy (non-hydrogen) atoms. The van der Waals surface area contributed by atoms with Crippen molar-refractivity contribution in [3.63, 3.8) is 0 Å². The van der Waals surface area contributed by atoms with Gasteiger partial charge in [0.15, 0.2) is 14.4 Å². The lowest BCUT2D eigenvalue weighted by Gasteiger charge is -2.26. The molecule has 222 valence electrons. The Balaban J connectivity index is 1.40. The molecule has 0 atom stereocenters. The van der Waals surface area contributed by atoms with Gasteiger partial charge < -0.3 is 4.90 Å². The highest BCUT2D eigenvalue weighted by Crippen LogP contribution is 2.49. The lowest BCUT2D eigenvalue weighted by Crippen LogP contribution is -2.27. The van der Waals surface area contributed by atoms with Gasteiger partial charge >= 0.3 is 0 Å². The Hall–Kier alpha value is -2.87. The zero-order valence-corrected chi connectivity index (χ0v) is 28.7. The first-order chi connectivity index (χ1) is 20.7. The van der Waals surface area contributed by atoms with Gasteiger partial charge in [-0.15, -0.1) is 10.2 Å². The van der Waals surface area contributed by atoms with Gasteiger partial charge in [0.2, 0.25) is 5.69 Å². The molecule has 4 nitrogen and oxygen atoms in total. The molecule has 0 saturated carbocycles. The minimum atomic E-state index is -0.0438. The molecule has 0 unspecified atom stereocenters. The average Bonchev–Trinajstić information content (AvgIpc) is 3.73. The summed E-state index contributed by atoms with van der Waals surface area (Å²) in [5.41, 5.74) is 10.9. The van der Waals surface area contributed by atoms with Crippen LogP contribution in [0.25, 0.3) is 0 Å². The fourth-order valence-electron chi connectivity index (χ4n) is 6.88. The van der Waals surface area contributed by atoms with Gasteiger partial charge in [-0.05, 0) is 75.6 Å². The van der Waals surface area contributed by atoms with Gasteiger partial charge in [-0.2, -0.15) is 4.58 Å². The molecule has 3 aromatic rings. The van der Waals surface area contributed by atoms with Crippen LogP contribution in [-0.2, 0) is 10.8 Å². The lowest BCUT2D eigenvalue weighted by molar-refractivity contribution is -0.433. The van der Waals surface area contributed by atoms with Crippen molar-refractivity contribution in [2.24, 2.45) is 0 Å². The summed E-state index contributed by atoms with van der Waals surface area (Å²) in [6, 6.07) is 17.7. The van der Waals surface area contributed by atoms with Crippen LogP contribution in [0.2, 0.25) is 0 Å². The molecule has 2 aliphatic heterocycles. The van der Waals surface area contributed by atoms with E-state index in [2.05, 4.69) is 140 Å². The van der Waals surface area contributed by atoms with Crippen LogP contribution in [0.4, 0.5) is 11.4 Å². The molecule has 0 fully saturated rings. The molecule has 3 heterocycles. The van der Waals surface area contributed by atoms with Crippen LogP contribution in [0, 0.1) is 0 Å². The van der Waals surface area contributed by atoms with E-state index in [9.17, 15) is 0 Å². The smallest absolute Gasteiger partial charge is 0.209 e. The van der Waals surface area contributed by atoms with Gasteiger partial charge in [0.1, 0.15) is 6.54 Å². The number of rotatable bonds is 8. The van der Waals surface area contributed by atoms with Gasteiger partial charge in [-0.25, -0.2) is 0 Å². The van der Waals surface area contributed by atoms with Crippen LogP contribution in [0.1, 0.15) is 65.5 Å². The molecule has 0 spiro atoms. The van der Waals surface area contributed by atoms with E-state index in [-0.39, 0.29) is 10.8 Å². The number of nitrogens with zero attached hydrogens (tertiary/aromatic N) is 4. The topological polar surface area (TPSA) is 32.0 Å². The van der Waals surface area contributed by atoms with E-state index in [1.165, 1.54) is 50.0 Å². The van der Waals surface area contributed by atoms with E-state index in [1.54, 1.807) is 34.9 Å². The highest BCUT2D eigenvalue weighted by Gasteiger charge is 2.43. The summed E-state index contributed by atoms with van der Waals surface area (Å²) in [6.45, 7) is 15.8. The number of anilines is 1. The monoisotopic (exact) mass is 625 g/mol. The van der Waals surface area contributed by atoms with Gasteiger partial charge in [-0.3, -0.25) is 0 Å². The Labute approximate surface area is 269 Å². The maximum Gasteiger partial charge on any atom is 0.209 e. The normalized spacial score (nSPS) is 20.8. The minimum Gasteiger partial charge on any atom is -0.344 e. The first-order valence-corrected chi connectivity index (χ1v) is 18.1. The van der Waals surface area contributed by atoms with Gasteiger partial charge in [-0.1, -0.05) is 97.3 Å². The van der Waals surface area contributed by atoms with E-state index >= 15 is 0 Å².